The molecule has 36 heavy (non-hydrogen) atoms. The molecule has 0 aliphatic carbocycles. The Labute approximate surface area is 208 Å². The second kappa shape index (κ2) is 10.4. The Morgan fingerprint density at radius 3 is 2.28 bits per heavy atom. The molecule has 0 saturated carbocycles. The summed E-state index contributed by atoms with van der Waals surface area (Å²) in [6.07, 6.45) is 0. The van der Waals surface area contributed by atoms with Crippen LogP contribution in [0.2, 0.25) is 0 Å². The number of hydrogen-bond donors (Lipinski definition) is 1. The maximum absolute atomic E-state index is 12.6. The predicted octanol–water partition coefficient (Wildman–Crippen LogP) is 6.35. The van der Waals surface area contributed by atoms with Gasteiger partial charge in [-0.3, -0.25) is 14.9 Å². The Morgan fingerprint density at radius 2 is 1.61 bits per heavy atom. The summed E-state index contributed by atoms with van der Waals surface area (Å²) in [5, 5.41) is 13.8. The minimum absolute atomic E-state index is 0.0127. The normalized spacial score (nSPS) is 11.1. The molecule has 0 fully saturated rings. The van der Waals surface area contributed by atoms with Crippen molar-refractivity contribution in [3.05, 3.63) is 118 Å². The summed E-state index contributed by atoms with van der Waals surface area (Å²) in [5.41, 5.74) is 1.99. The van der Waals surface area contributed by atoms with Gasteiger partial charge in [0.1, 0.15) is 29.6 Å². The summed E-state index contributed by atoms with van der Waals surface area (Å²) in [6, 6.07) is 25.5. The Bertz CT molecular complexity index is 1360. The largest absolute Gasteiger partial charge is 0.496 e. The number of benzene rings is 3. The first-order chi connectivity index (χ1) is 17.3. The average Bonchev–Trinajstić information content (AvgIpc) is 3.38. The number of nitrogens with one attached hydrogen (secondary N) is 1. The van der Waals surface area contributed by atoms with E-state index < -0.39 is 10.8 Å². The maximum atomic E-state index is 12.6. The quantitative estimate of drug-likeness (QED) is 0.218. The van der Waals surface area contributed by atoms with E-state index >= 15 is 0 Å². The molecule has 1 heterocycles. The van der Waals surface area contributed by atoms with E-state index in [1.165, 1.54) is 36.9 Å². The Hall–Kier alpha value is -4.59. The van der Waals surface area contributed by atoms with Crippen LogP contribution in [0.3, 0.4) is 0 Å². The van der Waals surface area contributed by atoms with Crippen LogP contribution in [0.1, 0.15) is 41.3 Å². The number of nitro benzene ring substituents is 1. The van der Waals surface area contributed by atoms with E-state index in [2.05, 4.69) is 31.3 Å². The summed E-state index contributed by atoms with van der Waals surface area (Å²) >= 11 is 0. The lowest BCUT2D eigenvalue weighted by Gasteiger charge is -2.26. The fraction of sp³-hybridized carbons (Fsp3) is 0.179. The van der Waals surface area contributed by atoms with Crippen molar-refractivity contribution in [1.82, 2.24) is 0 Å². The van der Waals surface area contributed by atoms with Crippen LogP contribution >= 0.6 is 0 Å². The minimum Gasteiger partial charge on any atom is -0.496 e. The molecule has 0 spiro atoms. The molecule has 0 saturated heterocycles. The number of furan rings is 1. The lowest BCUT2D eigenvalue weighted by molar-refractivity contribution is -0.384. The molecular formula is C28H26N2O6. The molecule has 0 aliphatic rings. The molecule has 0 unspecified atom stereocenters. The van der Waals surface area contributed by atoms with Crippen molar-refractivity contribution in [3.8, 4) is 11.5 Å². The van der Waals surface area contributed by atoms with Crippen LogP contribution in [0, 0.1) is 10.1 Å². The zero-order chi connectivity index (χ0) is 25.7. The van der Waals surface area contributed by atoms with Crippen LogP contribution in [0.4, 0.5) is 11.4 Å². The Balaban J connectivity index is 1.38. The van der Waals surface area contributed by atoms with Gasteiger partial charge in [0.15, 0.2) is 5.76 Å². The van der Waals surface area contributed by atoms with Crippen molar-refractivity contribution < 1.29 is 23.6 Å². The number of anilines is 1. The van der Waals surface area contributed by atoms with Crippen LogP contribution < -0.4 is 14.8 Å². The molecule has 1 amide bonds. The molecule has 1 aromatic heterocycles. The summed E-state index contributed by atoms with van der Waals surface area (Å²) in [7, 11) is 1.41. The van der Waals surface area contributed by atoms with E-state index in [1.807, 2.05) is 42.5 Å². The molecule has 8 nitrogen and oxygen atoms in total. The van der Waals surface area contributed by atoms with Gasteiger partial charge in [0.05, 0.1) is 18.1 Å². The Kier molecular flexibility index (Phi) is 7.05. The highest BCUT2D eigenvalue weighted by molar-refractivity contribution is 6.03. The molecule has 0 aliphatic heterocycles. The van der Waals surface area contributed by atoms with Gasteiger partial charge < -0.3 is 19.2 Å². The second-order valence-electron chi connectivity index (χ2n) is 8.66. The van der Waals surface area contributed by atoms with Crippen molar-refractivity contribution in [3.63, 3.8) is 0 Å². The van der Waals surface area contributed by atoms with Crippen LogP contribution in [0.5, 0.6) is 11.5 Å². The molecular weight excluding hydrogens is 460 g/mol. The Morgan fingerprint density at radius 1 is 0.944 bits per heavy atom. The molecule has 1 N–H and O–H groups in total. The number of rotatable bonds is 9. The molecule has 0 bridgehead atoms. The molecule has 184 valence electrons. The summed E-state index contributed by atoms with van der Waals surface area (Å²) in [6.45, 7) is 4.47. The van der Waals surface area contributed by atoms with E-state index in [0.717, 1.165) is 5.56 Å². The van der Waals surface area contributed by atoms with Crippen molar-refractivity contribution in [2.75, 3.05) is 12.4 Å². The SMILES string of the molecule is COc1ccc(NC(=O)c2ccc(COc3ccc(C(C)(C)c4ccccc4)cc3)o2)c([N+](=O)[O-])c1. The van der Waals surface area contributed by atoms with E-state index in [4.69, 9.17) is 13.9 Å². The smallest absolute Gasteiger partial charge is 0.296 e. The number of carbonyl (C=O) groups excluding carboxylic acids is 1. The molecule has 4 aromatic rings. The standard InChI is InChI=1S/C28H26N2O6/c1-28(2,19-7-5-4-6-8-19)20-9-11-21(12-10-20)35-18-23-14-16-26(36-23)27(31)29-24-15-13-22(34-3)17-25(24)30(32)33/h4-17H,18H2,1-3H3,(H,29,31). The maximum Gasteiger partial charge on any atom is 0.296 e. The first kappa shape index (κ1) is 24.5. The first-order valence-corrected chi connectivity index (χ1v) is 11.3. The number of methoxy groups -OCH3 is 1. The molecule has 3 aromatic carbocycles. The first-order valence-electron chi connectivity index (χ1n) is 11.3. The molecule has 0 radical (unpaired) electrons. The molecule has 4 rings (SSSR count). The van der Waals surface area contributed by atoms with Gasteiger partial charge in [-0.1, -0.05) is 56.3 Å². The number of carbonyl (C=O) groups is 1. The summed E-state index contributed by atoms with van der Waals surface area (Å²) in [5.74, 6) is 0.825. The van der Waals surface area contributed by atoms with Crippen molar-refractivity contribution in [2.24, 2.45) is 0 Å². The van der Waals surface area contributed by atoms with E-state index in [-0.39, 0.29) is 29.2 Å². The van der Waals surface area contributed by atoms with E-state index in [1.54, 1.807) is 6.07 Å². The number of amides is 1. The average molecular weight is 487 g/mol. The predicted molar refractivity (Wildman–Crippen MR) is 136 cm³/mol. The highest BCUT2D eigenvalue weighted by atomic mass is 16.6. The topological polar surface area (TPSA) is 104 Å². The van der Waals surface area contributed by atoms with Crippen molar-refractivity contribution in [2.45, 2.75) is 25.9 Å². The number of hydrogen-bond acceptors (Lipinski definition) is 6. The van der Waals surface area contributed by atoms with Crippen LogP contribution in [-0.2, 0) is 12.0 Å². The summed E-state index contributed by atoms with van der Waals surface area (Å²) in [4.78, 5) is 23.3. The lowest BCUT2D eigenvalue weighted by Crippen LogP contribution is -2.18. The van der Waals surface area contributed by atoms with Gasteiger partial charge in [-0.05, 0) is 47.5 Å². The third-order valence-corrected chi connectivity index (χ3v) is 5.99. The number of nitro groups is 1. The fourth-order valence-electron chi connectivity index (χ4n) is 3.80. The van der Waals surface area contributed by atoms with Crippen molar-refractivity contribution >= 4 is 17.3 Å². The van der Waals surface area contributed by atoms with Crippen LogP contribution in [0.25, 0.3) is 0 Å². The number of ether oxygens (including phenoxy) is 2. The van der Waals surface area contributed by atoms with Crippen molar-refractivity contribution in [1.29, 1.82) is 0 Å². The fourth-order valence-corrected chi connectivity index (χ4v) is 3.80. The zero-order valence-corrected chi connectivity index (χ0v) is 20.2. The second-order valence-corrected chi connectivity index (χ2v) is 8.66. The highest BCUT2D eigenvalue weighted by Crippen LogP contribution is 2.32. The monoisotopic (exact) mass is 486 g/mol. The van der Waals surface area contributed by atoms with E-state index in [9.17, 15) is 14.9 Å². The van der Waals surface area contributed by atoms with Gasteiger partial charge in [-0.25, -0.2) is 0 Å². The van der Waals surface area contributed by atoms with Gasteiger partial charge in [-0.2, -0.15) is 0 Å². The van der Waals surface area contributed by atoms with E-state index in [0.29, 0.717) is 17.3 Å². The van der Waals surface area contributed by atoms with Crippen LogP contribution in [-0.4, -0.2) is 17.9 Å². The zero-order valence-electron chi connectivity index (χ0n) is 20.2. The number of nitrogens with zero attached hydrogens (tertiary/aromatic N) is 1. The van der Waals surface area contributed by atoms with Gasteiger partial charge in [-0.15, -0.1) is 0 Å². The van der Waals surface area contributed by atoms with Gasteiger partial charge in [0.2, 0.25) is 0 Å². The highest BCUT2D eigenvalue weighted by Gasteiger charge is 2.23. The molecule has 8 heteroatoms. The van der Waals surface area contributed by atoms with Gasteiger partial charge in [0.25, 0.3) is 11.6 Å². The third-order valence-electron chi connectivity index (χ3n) is 5.99. The third kappa shape index (κ3) is 5.38. The lowest BCUT2D eigenvalue weighted by atomic mass is 9.78. The van der Waals surface area contributed by atoms with Crippen LogP contribution in [0.15, 0.2) is 89.3 Å². The minimum atomic E-state index is -0.609. The van der Waals surface area contributed by atoms with Gasteiger partial charge in [0, 0.05) is 5.41 Å². The summed E-state index contributed by atoms with van der Waals surface area (Å²) < 4.78 is 16.4. The van der Waals surface area contributed by atoms with Gasteiger partial charge >= 0.3 is 0 Å². The molecule has 0 atom stereocenters.